The number of hydrogen-bond donors (Lipinski definition) is 0. The van der Waals surface area contributed by atoms with Crippen LogP contribution < -0.4 is 4.74 Å². The molecule has 9 heteroatoms. The van der Waals surface area contributed by atoms with E-state index in [0.29, 0.717) is 57.0 Å². The number of fused-ring (bicyclic) bond motifs is 1. The lowest BCUT2D eigenvalue weighted by Crippen LogP contribution is -2.50. The summed E-state index contributed by atoms with van der Waals surface area (Å²) in [6.45, 7) is 4.84. The summed E-state index contributed by atoms with van der Waals surface area (Å²) >= 11 is 0. The van der Waals surface area contributed by atoms with Gasteiger partial charge in [-0.3, -0.25) is 9.59 Å². The maximum Gasteiger partial charge on any atom is 0.276 e. The molecule has 1 fully saturated rings. The van der Waals surface area contributed by atoms with Gasteiger partial charge in [0, 0.05) is 32.6 Å². The largest absolute Gasteiger partial charge is 0.497 e. The first-order chi connectivity index (χ1) is 17.5. The quantitative estimate of drug-likeness (QED) is 0.529. The Morgan fingerprint density at radius 1 is 1.06 bits per heavy atom. The highest BCUT2D eigenvalue weighted by Crippen LogP contribution is 2.27. The molecule has 36 heavy (non-hydrogen) atoms. The highest BCUT2D eigenvalue weighted by atomic mass is 16.5. The number of carbonyl (C=O) groups excluding carboxylic acids is 2. The number of aromatic nitrogens is 3. The summed E-state index contributed by atoms with van der Waals surface area (Å²) in [4.78, 5) is 29.5. The van der Waals surface area contributed by atoms with Gasteiger partial charge >= 0.3 is 0 Å². The van der Waals surface area contributed by atoms with E-state index in [0.717, 1.165) is 16.9 Å². The van der Waals surface area contributed by atoms with E-state index in [4.69, 9.17) is 9.47 Å². The molecule has 2 amide bonds. The van der Waals surface area contributed by atoms with Crippen LogP contribution >= 0.6 is 0 Å². The van der Waals surface area contributed by atoms with E-state index in [-0.39, 0.29) is 24.5 Å². The van der Waals surface area contributed by atoms with Crippen molar-refractivity contribution in [2.75, 3.05) is 33.3 Å². The second kappa shape index (κ2) is 10.5. The Morgan fingerprint density at radius 3 is 2.56 bits per heavy atom. The fourth-order valence-corrected chi connectivity index (χ4v) is 4.71. The summed E-state index contributed by atoms with van der Waals surface area (Å²) in [7, 11) is 1.63. The molecule has 2 aromatic carbocycles. The van der Waals surface area contributed by atoms with Crippen molar-refractivity contribution in [3.8, 4) is 5.75 Å². The molecule has 0 radical (unpaired) electrons. The number of hydrogen-bond acceptors (Lipinski definition) is 6. The second-order valence-corrected chi connectivity index (χ2v) is 9.30. The lowest BCUT2D eigenvalue weighted by atomic mass is 10.1. The molecule has 0 unspecified atom stereocenters. The Hall–Kier alpha value is -3.72. The summed E-state index contributed by atoms with van der Waals surface area (Å²) in [5.41, 5.74) is 4.40. The van der Waals surface area contributed by atoms with Gasteiger partial charge in [0.15, 0.2) is 5.69 Å². The van der Waals surface area contributed by atoms with Crippen molar-refractivity contribution in [3.63, 3.8) is 0 Å². The molecule has 2 aliphatic rings. The molecule has 188 valence electrons. The van der Waals surface area contributed by atoms with Gasteiger partial charge in [-0.05, 0) is 36.6 Å². The van der Waals surface area contributed by atoms with Crippen LogP contribution in [0.1, 0.15) is 45.4 Å². The van der Waals surface area contributed by atoms with Crippen molar-refractivity contribution in [1.82, 2.24) is 24.8 Å². The number of methoxy groups -OCH3 is 1. The predicted octanol–water partition coefficient (Wildman–Crippen LogP) is 2.78. The summed E-state index contributed by atoms with van der Waals surface area (Å²) in [5, 5.41) is 8.44. The number of aryl methyl sites for hydroxylation is 2. The predicted molar refractivity (Wildman–Crippen MR) is 133 cm³/mol. The van der Waals surface area contributed by atoms with E-state index >= 15 is 0 Å². The molecule has 0 saturated carbocycles. The lowest BCUT2D eigenvalue weighted by Gasteiger charge is -2.34. The van der Waals surface area contributed by atoms with Gasteiger partial charge < -0.3 is 19.3 Å². The zero-order valence-corrected chi connectivity index (χ0v) is 20.7. The molecule has 1 atom stereocenters. The molecule has 0 N–H and O–H groups in total. The van der Waals surface area contributed by atoms with Crippen LogP contribution in [-0.4, -0.2) is 69.9 Å². The zero-order chi connectivity index (χ0) is 25.1. The zero-order valence-electron chi connectivity index (χ0n) is 20.7. The second-order valence-electron chi connectivity index (χ2n) is 9.30. The third-order valence-electron chi connectivity index (χ3n) is 6.93. The molecule has 1 saturated heterocycles. The minimum Gasteiger partial charge on any atom is -0.497 e. The third-order valence-corrected chi connectivity index (χ3v) is 6.93. The van der Waals surface area contributed by atoms with Gasteiger partial charge in [0.1, 0.15) is 11.9 Å². The monoisotopic (exact) mass is 489 g/mol. The van der Waals surface area contributed by atoms with Crippen LogP contribution in [0.15, 0.2) is 48.5 Å². The summed E-state index contributed by atoms with van der Waals surface area (Å²) in [6, 6.07) is 16.0. The van der Waals surface area contributed by atoms with Gasteiger partial charge in [-0.25, -0.2) is 4.68 Å². The van der Waals surface area contributed by atoms with Crippen molar-refractivity contribution in [3.05, 3.63) is 76.6 Å². The molecule has 5 rings (SSSR count). The van der Waals surface area contributed by atoms with Crippen LogP contribution in [0.25, 0.3) is 0 Å². The maximum atomic E-state index is 13.2. The first-order valence-electron chi connectivity index (χ1n) is 12.3. The molecular weight excluding hydrogens is 458 g/mol. The van der Waals surface area contributed by atoms with E-state index in [9.17, 15) is 9.59 Å². The Balaban J connectivity index is 1.14. The molecule has 2 aliphatic heterocycles. The average molecular weight is 490 g/mol. The lowest BCUT2D eigenvalue weighted by molar-refractivity contribution is -0.132. The Morgan fingerprint density at radius 2 is 1.81 bits per heavy atom. The number of benzene rings is 2. The Bertz CT molecular complexity index is 1230. The van der Waals surface area contributed by atoms with Gasteiger partial charge in [-0.2, -0.15) is 0 Å². The van der Waals surface area contributed by atoms with Crippen molar-refractivity contribution in [2.45, 2.75) is 39.0 Å². The molecular formula is C27H31N5O4. The molecule has 0 aliphatic carbocycles. The van der Waals surface area contributed by atoms with Crippen LogP contribution in [0.4, 0.5) is 0 Å². The number of piperazine rings is 1. The van der Waals surface area contributed by atoms with Gasteiger partial charge in [0.25, 0.3) is 5.91 Å². The van der Waals surface area contributed by atoms with Crippen LogP contribution in [0, 0.1) is 6.92 Å². The number of ether oxygens (including phenoxy) is 2. The van der Waals surface area contributed by atoms with E-state index in [1.54, 1.807) is 16.7 Å². The van der Waals surface area contributed by atoms with Gasteiger partial charge in [0.2, 0.25) is 5.91 Å². The van der Waals surface area contributed by atoms with Crippen molar-refractivity contribution < 1.29 is 19.1 Å². The highest BCUT2D eigenvalue weighted by molar-refractivity contribution is 5.93. The first kappa shape index (κ1) is 24.0. The van der Waals surface area contributed by atoms with Crippen molar-refractivity contribution >= 4 is 11.8 Å². The maximum absolute atomic E-state index is 13.2. The third kappa shape index (κ3) is 5.11. The van der Waals surface area contributed by atoms with E-state index in [1.165, 1.54) is 5.56 Å². The number of amides is 2. The fraction of sp³-hybridized carbons (Fsp3) is 0.407. The normalized spacial score (nSPS) is 17.6. The summed E-state index contributed by atoms with van der Waals surface area (Å²) in [5.74, 6) is 0.734. The van der Waals surface area contributed by atoms with E-state index in [1.807, 2.05) is 29.2 Å². The molecule has 3 heterocycles. The van der Waals surface area contributed by atoms with Gasteiger partial charge in [-0.15, -0.1) is 5.10 Å². The van der Waals surface area contributed by atoms with E-state index < -0.39 is 0 Å². The number of nitrogens with zero attached hydrogens (tertiary/aromatic N) is 5. The SMILES string of the molecule is COc1cccc(CCC(=O)N2CCN(C(=O)c3nnn4c3CO[C@@H](c3ccc(C)cc3)C4)CC2)c1. The molecule has 9 nitrogen and oxygen atoms in total. The van der Waals surface area contributed by atoms with Gasteiger partial charge in [0.05, 0.1) is 26.0 Å². The van der Waals surface area contributed by atoms with Crippen molar-refractivity contribution in [2.24, 2.45) is 0 Å². The van der Waals surface area contributed by atoms with Crippen LogP contribution in [0.5, 0.6) is 5.75 Å². The Kier molecular flexibility index (Phi) is 6.99. The Labute approximate surface area is 210 Å². The molecule has 0 spiro atoms. The topological polar surface area (TPSA) is 89.8 Å². The van der Waals surface area contributed by atoms with E-state index in [2.05, 4.69) is 41.5 Å². The highest BCUT2D eigenvalue weighted by Gasteiger charge is 2.32. The minimum atomic E-state index is -0.155. The molecule has 3 aromatic rings. The molecule has 1 aromatic heterocycles. The van der Waals surface area contributed by atoms with Crippen LogP contribution in [-0.2, 0) is 29.1 Å². The smallest absolute Gasteiger partial charge is 0.276 e. The fourth-order valence-electron chi connectivity index (χ4n) is 4.71. The summed E-state index contributed by atoms with van der Waals surface area (Å²) in [6.07, 6.45) is 0.971. The van der Waals surface area contributed by atoms with Crippen LogP contribution in [0.3, 0.4) is 0 Å². The number of rotatable bonds is 6. The standard InChI is InChI=1S/C27H31N5O4/c1-19-6-9-21(10-7-19)24-17-32-23(18-36-24)26(28-29-32)27(34)31-14-12-30(13-15-31)25(33)11-8-20-4-3-5-22(16-20)35-2/h3-7,9-10,16,24H,8,11-15,17-18H2,1-2H3/t24-/m1/s1. The average Bonchev–Trinajstić information content (AvgIpc) is 3.35. The first-order valence-corrected chi connectivity index (χ1v) is 12.3. The summed E-state index contributed by atoms with van der Waals surface area (Å²) < 4.78 is 13.1. The van der Waals surface area contributed by atoms with Crippen LogP contribution in [0.2, 0.25) is 0 Å². The van der Waals surface area contributed by atoms with Gasteiger partial charge in [-0.1, -0.05) is 47.2 Å². The minimum absolute atomic E-state index is 0.0986. The number of carbonyl (C=O) groups is 2. The molecule has 0 bridgehead atoms. The van der Waals surface area contributed by atoms with Crippen molar-refractivity contribution in [1.29, 1.82) is 0 Å².